The van der Waals surface area contributed by atoms with Crippen molar-refractivity contribution in [3.8, 4) is 0 Å². The number of fused-ring (bicyclic) bond motifs is 1. The number of benzene rings is 2. The molecule has 20 heavy (non-hydrogen) atoms. The van der Waals surface area contributed by atoms with E-state index in [1.807, 2.05) is 6.07 Å². The predicted octanol–water partition coefficient (Wildman–Crippen LogP) is 3.26. The second-order valence-corrected chi connectivity index (χ2v) is 4.43. The minimum Gasteiger partial charge on any atom is -0.396 e. The molecule has 0 amide bonds. The number of nitrogen functional groups attached to an aromatic ring is 1. The number of rotatable bonds is 2. The average Bonchev–Trinajstić information content (AvgIpc) is 2.86. The van der Waals surface area contributed by atoms with Gasteiger partial charge in [-0.3, -0.25) is 4.79 Å². The fraction of sp³-hybridized carbons (Fsp3) is 0. The van der Waals surface area contributed by atoms with Gasteiger partial charge in [-0.15, -0.1) is 0 Å². The molecule has 0 unspecified atom stereocenters. The average molecular weight is 272 g/mol. The summed E-state index contributed by atoms with van der Waals surface area (Å²) in [5, 5.41) is 0.653. The second-order valence-electron chi connectivity index (χ2n) is 4.43. The largest absolute Gasteiger partial charge is 0.396 e. The van der Waals surface area contributed by atoms with Crippen LogP contribution in [0.3, 0.4) is 0 Å². The first kappa shape index (κ1) is 12.3. The van der Waals surface area contributed by atoms with E-state index in [1.54, 1.807) is 18.2 Å². The topological polar surface area (TPSA) is 58.9 Å². The van der Waals surface area contributed by atoms with E-state index in [2.05, 4.69) is 4.98 Å². The highest BCUT2D eigenvalue weighted by atomic mass is 19.1. The number of ketones is 1. The minimum absolute atomic E-state index is 0.282. The number of nitrogens with one attached hydrogen (secondary N) is 1. The Balaban J connectivity index is 2.18. The summed E-state index contributed by atoms with van der Waals surface area (Å²) in [6.07, 6.45) is 1.48. The first-order valence-electron chi connectivity index (χ1n) is 5.93. The number of aromatic nitrogens is 1. The van der Waals surface area contributed by atoms with Gasteiger partial charge in [0.15, 0.2) is 11.6 Å². The molecule has 0 aliphatic rings. The van der Waals surface area contributed by atoms with E-state index in [9.17, 15) is 13.6 Å². The quantitative estimate of drug-likeness (QED) is 0.555. The van der Waals surface area contributed by atoms with Crippen LogP contribution in [0.5, 0.6) is 0 Å². The van der Waals surface area contributed by atoms with Gasteiger partial charge in [0, 0.05) is 22.7 Å². The van der Waals surface area contributed by atoms with Gasteiger partial charge in [-0.2, -0.15) is 0 Å². The van der Waals surface area contributed by atoms with Crippen molar-refractivity contribution in [2.24, 2.45) is 0 Å². The molecule has 0 radical (unpaired) electrons. The molecule has 0 saturated carbocycles. The van der Waals surface area contributed by atoms with Gasteiger partial charge >= 0.3 is 0 Å². The number of halogens is 2. The fourth-order valence-electron chi connectivity index (χ4n) is 2.18. The van der Waals surface area contributed by atoms with E-state index < -0.39 is 17.4 Å². The zero-order valence-electron chi connectivity index (χ0n) is 10.3. The third-order valence-corrected chi connectivity index (χ3v) is 3.14. The molecule has 100 valence electrons. The van der Waals surface area contributed by atoms with Crippen LogP contribution in [0.1, 0.15) is 15.9 Å². The molecule has 0 saturated heterocycles. The Hall–Kier alpha value is -2.69. The van der Waals surface area contributed by atoms with Crippen molar-refractivity contribution < 1.29 is 13.6 Å². The van der Waals surface area contributed by atoms with E-state index >= 15 is 0 Å². The smallest absolute Gasteiger partial charge is 0.198 e. The third kappa shape index (κ3) is 1.84. The molecule has 3 N–H and O–H groups in total. The number of H-pyrrole nitrogens is 1. The molecule has 1 aromatic heterocycles. The molecule has 3 nitrogen and oxygen atoms in total. The Labute approximate surface area is 113 Å². The van der Waals surface area contributed by atoms with Gasteiger partial charge in [0.2, 0.25) is 0 Å². The van der Waals surface area contributed by atoms with Crippen LogP contribution in [-0.2, 0) is 0 Å². The monoisotopic (exact) mass is 272 g/mol. The number of aromatic amines is 1. The lowest BCUT2D eigenvalue weighted by Crippen LogP contribution is -2.07. The molecule has 3 aromatic rings. The Morgan fingerprint density at radius 3 is 2.65 bits per heavy atom. The summed E-state index contributed by atoms with van der Waals surface area (Å²) in [6.45, 7) is 0. The molecule has 3 rings (SSSR count). The van der Waals surface area contributed by atoms with Gasteiger partial charge < -0.3 is 10.7 Å². The molecular weight excluding hydrogens is 262 g/mol. The summed E-state index contributed by atoms with van der Waals surface area (Å²) >= 11 is 0. The first-order valence-corrected chi connectivity index (χ1v) is 5.93. The van der Waals surface area contributed by atoms with Crippen LogP contribution in [0.2, 0.25) is 0 Å². The molecule has 0 aliphatic carbocycles. The summed E-state index contributed by atoms with van der Waals surface area (Å²) in [6, 6.07) is 8.82. The molecule has 0 aliphatic heterocycles. The number of para-hydroxylation sites is 1. The summed E-state index contributed by atoms with van der Waals surface area (Å²) in [5.41, 5.74) is 5.63. The van der Waals surface area contributed by atoms with E-state index in [4.69, 9.17) is 5.73 Å². The molecule has 5 heteroatoms. The van der Waals surface area contributed by atoms with Crippen molar-refractivity contribution >= 4 is 22.4 Å². The Morgan fingerprint density at radius 2 is 1.85 bits per heavy atom. The van der Waals surface area contributed by atoms with Crippen molar-refractivity contribution in [3.05, 3.63) is 65.4 Å². The standard InChI is InChI=1S/C15H10F2N2O/c16-8-5-10(14(17)12(18)6-8)15(20)11-7-19-13-4-2-1-3-9(11)13/h1-7,19H,18H2. The zero-order chi connectivity index (χ0) is 14.3. The number of hydrogen-bond acceptors (Lipinski definition) is 2. The zero-order valence-corrected chi connectivity index (χ0v) is 10.3. The predicted molar refractivity (Wildman–Crippen MR) is 72.5 cm³/mol. The third-order valence-electron chi connectivity index (χ3n) is 3.14. The molecular formula is C15H10F2N2O. The van der Waals surface area contributed by atoms with Crippen molar-refractivity contribution in [1.29, 1.82) is 0 Å². The maximum absolute atomic E-state index is 13.9. The van der Waals surface area contributed by atoms with Crippen molar-refractivity contribution in [2.45, 2.75) is 0 Å². The first-order chi connectivity index (χ1) is 9.58. The van der Waals surface area contributed by atoms with Crippen molar-refractivity contribution in [3.63, 3.8) is 0 Å². The second kappa shape index (κ2) is 4.45. The number of carbonyl (C=O) groups excluding carboxylic acids is 1. The van der Waals surface area contributed by atoms with E-state index in [0.29, 0.717) is 5.39 Å². The lowest BCUT2D eigenvalue weighted by Gasteiger charge is -2.04. The minimum atomic E-state index is -0.901. The van der Waals surface area contributed by atoms with Gasteiger partial charge in [-0.25, -0.2) is 8.78 Å². The molecule has 0 bridgehead atoms. The van der Waals surface area contributed by atoms with E-state index in [-0.39, 0.29) is 16.8 Å². The summed E-state index contributed by atoms with van der Waals surface area (Å²) in [5.74, 6) is -2.25. The van der Waals surface area contributed by atoms with Crippen LogP contribution in [0.15, 0.2) is 42.6 Å². The van der Waals surface area contributed by atoms with Crippen LogP contribution in [0.4, 0.5) is 14.5 Å². The molecule has 0 fully saturated rings. The van der Waals surface area contributed by atoms with Gasteiger partial charge in [-0.05, 0) is 18.2 Å². The van der Waals surface area contributed by atoms with Gasteiger partial charge in [0.25, 0.3) is 0 Å². The highest BCUT2D eigenvalue weighted by Crippen LogP contribution is 2.24. The number of carbonyl (C=O) groups is 1. The maximum Gasteiger partial charge on any atom is 0.198 e. The summed E-state index contributed by atoms with van der Waals surface area (Å²) in [7, 11) is 0. The Bertz CT molecular complexity index is 824. The molecule has 0 atom stereocenters. The van der Waals surface area contributed by atoms with Crippen LogP contribution in [0, 0.1) is 11.6 Å². The lowest BCUT2D eigenvalue weighted by atomic mass is 10.0. The molecule has 1 heterocycles. The van der Waals surface area contributed by atoms with Crippen molar-refractivity contribution in [2.75, 3.05) is 5.73 Å². The normalized spacial score (nSPS) is 10.9. The lowest BCUT2D eigenvalue weighted by molar-refractivity contribution is 0.103. The van der Waals surface area contributed by atoms with E-state index in [0.717, 1.165) is 17.6 Å². The van der Waals surface area contributed by atoms with Gasteiger partial charge in [-0.1, -0.05) is 18.2 Å². The van der Waals surface area contributed by atoms with Crippen LogP contribution < -0.4 is 5.73 Å². The van der Waals surface area contributed by atoms with Gasteiger partial charge in [0.1, 0.15) is 5.82 Å². The molecule has 2 aromatic carbocycles. The summed E-state index contributed by atoms with van der Waals surface area (Å²) in [4.78, 5) is 15.3. The highest BCUT2D eigenvalue weighted by Gasteiger charge is 2.20. The number of nitrogens with two attached hydrogens (primary N) is 1. The van der Waals surface area contributed by atoms with Crippen LogP contribution >= 0.6 is 0 Å². The Kier molecular flexibility index (Phi) is 2.75. The van der Waals surface area contributed by atoms with Crippen LogP contribution in [-0.4, -0.2) is 10.8 Å². The number of anilines is 1. The summed E-state index contributed by atoms with van der Waals surface area (Å²) < 4.78 is 27.2. The molecule has 0 spiro atoms. The van der Waals surface area contributed by atoms with Crippen LogP contribution in [0.25, 0.3) is 10.9 Å². The number of hydrogen-bond donors (Lipinski definition) is 2. The fourth-order valence-corrected chi connectivity index (χ4v) is 2.18. The van der Waals surface area contributed by atoms with E-state index in [1.165, 1.54) is 6.20 Å². The van der Waals surface area contributed by atoms with Crippen molar-refractivity contribution in [1.82, 2.24) is 4.98 Å². The SMILES string of the molecule is Nc1cc(F)cc(C(=O)c2c[nH]c3ccccc23)c1F. The maximum atomic E-state index is 13.9. The van der Waals surface area contributed by atoms with Gasteiger partial charge in [0.05, 0.1) is 11.3 Å². The Morgan fingerprint density at radius 1 is 1.10 bits per heavy atom. The highest BCUT2D eigenvalue weighted by molar-refractivity contribution is 6.16.